The number of aliphatic hydroxyl groups is 1. The van der Waals surface area contributed by atoms with Gasteiger partial charge in [0.15, 0.2) is 5.76 Å². The Kier molecular flexibility index (Phi) is 3.75. The number of nitrogens with zero attached hydrogens (tertiary/aromatic N) is 3. The maximum absolute atomic E-state index is 12.9. The number of aliphatic hydroxyl groups excluding tert-OH is 1. The molecule has 1 aliphatic rings. The molecule has 0 spiro atoms. The van der Waals surface area contributed by atoms with Crippen molar-refractivity contribution in [3.8, 4) is 0 Å². The first-order chi connectivity index (χ1) is 11.7. The van der Waals surface area contributed by atoms with Crippen LogP contribution in [0.3, 0.4) is 0 Å². The number of carbonyl (C=O) groups is 2. The quantitative estimate of drug-likeness (QED) is 0.706. The Morgan fingerprint density at radius 3 is 2.75 bits per heavy atom. The van der Waals surface area contributed by atoms with Crippen molar-refractivity contribution in [3.05, 3.63) is 61.6 Å². The lowest BCUT2D eigenvalue weighted by Crippen LogP contribution is -2.30. The van der Waals surface area contributed by atoms with Crippen LogP contribution in [0.4, 0.5) is 5.13 Å². The third kappa shape index (κ3) is 2.29. The van der Waals surface area contributed by atoms with Gasteiger partial charge in [0.2, 0.25) is 10.9 Å². The van der Waals surface area contributed by atoms with Crippen LogP contribution >= 0.6 is 34.0 Å². The average Bonchev–Trinajstić information content (AvgIpc) is 3.37. The lowest BCUT2D eigenvalue weighted by Gasteiger charge is -2.22. The van der Waals surface area contributed by atoms with E-state index in [4.69, 9.17) is 0 Å². The lowest BCUT2D eigenvalue weighted by atomic mass is 9.98. The summed E-state index contributed by atoms with van der Waals surface area (Å²) in [5, 5.41) is 23.9. The van der Waals surface area contributed by atoms with Crippen molar-refractivity contribution >= 4 is 50.8 Å². The Morgan fingerprint density at radius 1 is 1.25 bits per heavy atom. The highest BCUT2D eigenvalue weighted by Gasteiger charge is 2.46. The molecule has 1 atom stereocenters. The summed E-state index contributed by atoms with van der Waals surface area (Å²) in [6.45, 7) is 0. The number of anilines is 1. The molecule has 0 bridgehead atoms. The van der Waals surface area contributed by atoms with Gasteiger partial charge in [-0.25, -0.2) is 0 Å². The van der Waals surface area contributed by atoms with Gasteiger partial charge in [-0.1, -0.05) is 17.4 Å². The van der Waals surface area contributed by atoms with E-state index in [1.54, 1.807) is 17.5 Å². The second kappa shape index (κ2) is 5.93. The van der Waals surface area contributed by atoms with Gasteiger partial charge < -0.3 is 5.11 Å². The molecule has 1 aliphatic heterocycles. The van der Waals surface area contributed by atoms with Gasteiger partial charge in [0.1, 0.15) is 5.51 Å². The van der Waals surface area contributed by atoms with Crippen molar-refractivity contribution in [2.45, 2.75) is 6.04 Å². The van der Waals surface area contributed by atoms with E-state index in [1.165, 1.54) is 44.4 Å². The zero-order valence-corrected chi connectivity index (χ0v) is 14.4. The molecule has 4 rings (SSSR count). The molecule has 3 aromatic rings. The summed E-state index contributed by atoms with van der Waals surface area (Å²) >= 11 is 3.91. The Labute approximate surface area is 148 Å². The minimum Gasteiger partial charge on any atom is -0.503 e. The van der Waals surface area contributed by atoms with Crippen LogP contribution in [0.15, 0.2) is 51.2 Å². The van der Waals surface area contributed by atoms with Crippen LogP contribution in [-0.2, 0) is 4.79 Å². The number of thiophene rings is 2. The molecule has 0 radical (unpaired) electrons. The molecule has 120 valence electrons. The van der Waals surface area contributed by atoms with Crippen molar-refractivity contribution < 1.29 is 14.7 Å². The fourth-order valence-electron chi connectivity index (χ4n) is 2.59. The van der Waals surface area contributed by atoms with E-state index in [1.807, 2.05) is 16.8 Å². The van der Waals surface area contributed by atoms with Crippen molar-refractivity contribution in [1.82, 2.24) is 10.2 Å². The molecule has 3 aromatic heterocycles. The fourth-order valence-corrected chi connectivity index (χ4v) is 4.53. The molecule has 24 heavy (non-hydrogen) atoms. The molecule has 0 fully saturated rings. The Balaban J connectivity index is 1.87. The highest BCUT2D eigenvalue weighted by atomic mass is 32.1. The maximum Gasteiger partial charge on any atom is 0.296 e. The zero-order valence-electron chi connectivity index (χ0n) is 11.9. The van der Waals surface area contributed by atoms with Gasteiger partial charge >= 0.3 is 0 Å². The smallest absolute Gasteiger partial charge is 0.296 e. The van der Waals surface area contributed by atoms with E-state index >= 15 is 0 Å². The van der Waals surface area contributed by atoms with Crippen LogP contribution < -0.4 is 4.90 Å². The van der Waals surface area contributed by atoms with Crippen molar-refractivity contribution in [3.63, 3.8) is 0 Å². The van der Waals surface area contributed by atoms with Crippen molar-refractivity contribution in [2.75, 3.05) is 4.90 Å². The SMILES string of the molecule is O=C(C1=C(O)C(=O)N(c2nncs2)C1c1ccsc1)c1cccs1. The van der Waals surface area contributed by atoms with Crippen LogP contribution in [0.25, 0.3) is 0 Å². The fraction of sp³-hybridized carbons (Fsp3) is 0.0667. The minimum absolute atomic E-state index is 0.0797. The average molecular weight is 375 g/mol. The molecule has 4 heterocycles. The van der Waals surface area contributed by atoms with Crippen molar-refractivity contribution in [2.24, 2.45) is 0 Å². The number of hydrogen-bond acceptors (Lipinski definition) is 8. The molecule has 0 saturated heterocycles. The number of Topliss-reactive ketones (excluding diaryl/α,β-unsaturated/α-hetero) is 1. The first-order valence-electron chi connectivity index (χ1n) is 6.81. The molecule has 1 N–H and O–H groups in total. The predicted octanol–water partition coefficient (Wildman–Crippen LogP) is 3.44. The molecule has 6 nitrogen and oxygen atoms in total. The molecule has 9 heteroatoms. The van der Waals surface area contributed by atoms with E-state index in [2.05, 4.69) is 10.2 Å². The zero-order chi connectivity index (χ0) is 16.7. The van der Waals surface area contributed by atoms with Crippen molar-refractivity contribution in [1.29, 1.82) is 0 Å². The van der Waals surface area contributed by atoms with E-state index in [0.717, 1.165) is 5.56 Å². The van der Waals surface area contributed by atoms with Gasteiger partial charge in [-0.2, -0.15) is 11.3 Å². The summed E-state index contributed by atoms with van der Waals surface area (Å²) in [6, 6.07) is 4.56. The molecule has 0 aliphatic carbocycles. The summed E-state index contributed by atoms with van der Waals surface area (Å²) in [5.41, 5.74) is 2.34. The summed E-state index contributed by atoms with van der Waals surface area (Å²) < 4.78 is 0. The van der Waals surface area contributed by atoms with E-state index in [9.17, 15) is 14.7 Å². The summed E-state index contributed by atoms with van der Waals surface area (Å²) in [7, 11) is 0. The third-order valence-electron chi connectivity index (χ3n) is 3.61. The summed E-state index contributed by atoms with van der Waals surface area (Å²) in [6.07, 6.45) is 0. The standard InChI is InChI=1S/C15H9N3O3S3/c19-12(9-2-1-4-23-9)10-11(8-3-5-22-6-8)18(14(21)13(10)20)15-17-16-7-24-15/h1-7,11,20H. The maximum atomic E-state index is 12.9. The molecule has 0 aromatic carbocycles. The van der Waals surface area contributed by atoms with Gasteiger partial charge in [0.25, 0.3) is 5.91 Å². The van der Waals surface area contributed by atoms with Gasteiger partial charge in [0.05, 0.1) is 16.5 Å². The van der Waals surface area contributed by atoms with Gasteiger partial charge in [-0.05, 0) is 33.8 Å². The number of aromatic nitrogens is 2. The Bertz CT molecular complexity index is 915. The summed E-state index contributed by atoms with van der Waals surface area (Å²) in [4.78, 5) is 27.3. The van der Waals surface area contributed by atoms with Crippen LogP contribution in [0, 0.1) is 0 Å². The number of rotatable bonds is 4. The number of amides is 1. The number of ketones is 1. The van der Waals surface area contributed by atoms with Crippen LogP contribution in [0.2, 0.25) is 0 Å². The third-order valence-corrected chi connectivity index (χ3v) is 5.87. The second-order valence-corrected chi connectivity index (χ2v) is 7.46. The monoisotopic (exact) mass is 375 g/mol. The topological polar surface area (TPSA) is 83.4 Å². The van der Waals surface area contributed by atoms with E-state index in [-0.39, 0.29) is 11.4 Å². The highest BCUT2D eigenvalue weighted by Crippen LogP contribution is 2.43. The minimum atomic E-state index is -0.703. The van der Waals surface area contributed by atoms with Crippen LogP contribution in [0.1, 0.15) is 21.3 Å². The van der Waals surface area contributed by atoms with E-state index in [0.29, 0.717) is 10.0 Å². The Hall–Kier alpha value is -2.36. The predicted molar refractivity (Wildman–Crippen MR) is 92.8 cm³/mol. The first-order valence-corrected chi connectivity index (χ1v) is 9.52. The molecule has 1 amide bonds. The number of hydrogen-bond donors (Lipinski definition) is 1. The number of carbonyl (C=O) groups excluding carboxylic acids is 2. The molecule has 0 saturated carbocycles. The second-order valence-electron chi connectivity index (χ2n) is 4.92. The molecular formula is C15H9N3O3S3. The van der Waals surface area contributed by atoms with E-state index < -0.39 is 17.7 Å². The van der Waals surface area contributed by atoms with Gasteiger partial charge in [0, 0.05) is 0 Å². The molecular weight excluding hydrogens is 366 g/mol. The Morgan fingerprint density at radius 2 is 2.12 bits per heavy atom. The van der Waals surface area contributed by atoms with Crippen LogP contribution in [0.5, 0.6) is 0 Å². The van der Waals surface area contributed by atoms with Gasteiger partial charge in [-0.3, -0.25) is 14.5 Å². The molecule has 1 unspecified atom stereocenters. The van der Waals surface area contributed by atoms with Gasteiger partial charge in [-0.15, -0.1) is 21.5 Å². The first kappa shape index (κ1) is 15.2. The van der Waals surface area contributed by atoms with Crippen LogP contribution in [-0.4, -0.2) is 27.0 Å². The largest absolute Gasteiger partial charge is 0.503 e. The summed E-state index contributed by atoms with van der Waals surface area (Å²) in [5.74, 6) is -1.51. The highest BCUT2D eigenvalue weighted by molar-refractivity contribution is 7.13. The normalized spacial score (nSPS) is 17.8. The lowest BCUT2D eigenvalue weighted by molar-refractivity contribution is -0.117.